The Morgan fingerprint density at radius 3 is 2.47 bits per heavy atom. The van der Waals surface area contributed by atoms with Crippen LogP contribution in [0.4, 0.5) is 0 Å². The van der Waals surface area contributed by atoms with E-state index in [2.05, 4.69) is 5.32 Å². The van der Waals surface area contributed by atoms with Crippen molar-refractivity contribution in [2.75, 3.05) is 6.61 Å². The van der Waals surface area contributed by atoms with Crippen LogP contribution in [0.5, 0.6) is 0 Å². The summed E-state index contributed by atoms with van der Waals surface area (Å²) in [5.74, 6) is -0.122. The van der Waals surface area contributed by atoms with E-state index in [1.165, 1.54) is 0 Å². The highest BCUT2D eigenvalue weighted by Gasteiger charge is 2.43. The first-order valence-electron chi connectivity index (χ1n) is 6.69. The minimum absolute atomic E-state index is 0.0129. The molecule has 2 N–H and O–H groups in total. The van der Waals surface area contributed by atoms with E-state index in [-0.39, 0.29) is 24.2 Å². The standard InChI is InChI=1S/C15H21NO3/c1-11(2)19-9-12-3-5-13(6-4-12)14(18)16-15(10-17)7-8-15/h3-6,11,17H,7-10H2,1-2H3,(H,16,18). The summed E-state index contributed by atoms with van der Waals surface area (Å²) in [4.78, 5) is 12.0. The predicted octanol–water partition coefficient (Wildman–Crippen LogP) is 1.87. The Kier molecular flexibility index (Phi) is 4.22. The fourth-order valence-corrected chi connectivity index (χ4v) is 1.80. The number of aliphatic hydroxyl groups is 1. The van der Waals surface area contributed by atoms with Crippen LogP contribution in [0.3, 0.4) is 0 Å². The van der Waals surface area contributed by atoms with E-state index in [1.54, 1.807) is 12.1 Å². The van der Waals surface area contributed by atoms with Crippen molar-refractivity contribution in [1.82, 2.24) is 5.32 Å². The summed E-state index contributed by atoms with van der Waals surface area (Å²) in [5.41, 5.74) is 1.30. The summed E-state index contributed by atoms with van der Waals surface area (Å²) in [6.07, 6.45) is 1.91. The van der Waals surface area contributed by atoms with E-state index >= 15 is 0 Å². The maximum absolute atomic E-state index is 12.0. The predicted molar refractivity (Wildman–Crippen MR) is 72.9 cm³/mol. The SMILES string of the molecule is CC(C)OCc1ccc(C(=O)NC2(CO)CC2)cc1. The zero-order valence-corrected chi connectivity index (χ0v) is 11.5. The highest BCUT2D eigenvalue weighted by molar-refractivity contribution is 5.95. The van der Waals surface area contributed by atoms with Crippen LogP contribution in [-0.4, -0.2) is 29.3 Å². The summed E-state index contributed by atoms with van der Waals surface area (Å²) in [7, 11) is 0. The molecular formula is C15H21NO3. The van der Waals surface area contributed by atoms with Gasteiger partial charge in [-0.15, -0.1) is 0 Å². The number of amides is 1. The molecule has 1 saturated carbocycles. The van der Waals surface area contributed by atoms with Gasteiger partial charge in [-0.1, -0.05) is 12.1 Å². The second-order valence-electron chi connectivity index (χ2n) is 5.45. The van der Waals surface area contributed by atoms with Crippen LogP contribution in [0.2, 0.25) is 0 Å². The van der Waals surface area contributed by atoms with E-state index < -0.39 is 0 Å². The lowest BCUT2D eigenvalue weighted by Gasteiger charge is -2.14. The summed E-state index contributed by atoms with van der Waals surface area (Å²) in [6, 6.07) is 7.38. The first-order chi connectivity index (χ1) is 9.04. The third-order valence-corrected chi connectivity index (χ3v) is 3.33. The number of carbonyl (C=O) groups is 1. The summed E-state index contributed by atoms with van der Waals surface area (Å²) < 4.78 is 5.50. The molecule has 4 heteroatoms. The van der Waals surface area contributed by atoms with Gasteiger partial charge in [0.05, 0.1) is 24.9 Å². The number of aliphatic hydroxyl groups excluding tert-OH is 1. The molecule has 0 unspecified atom stereocenters. The molecule has 4 nitrogen and oxygen atoms in total. The second-order valence-corrected chi connectivity index (χ2v) is 5.45. The monoisotopic (exact) mass is 263 g/mol. The molecule has 0 spiro atoms. The maximum Gasteiger partial charge on any atom is 0.251 e. The zero-order chi connectivity index (χ0) is 13.9. The van der Waals surface area contributed by atoms with Gasteiger partial charge in [0.15, 0.2) is 0 Å². The molecule has 19 heavy (non-hydrogen) atoms. The van der Waals surface area contributed by atoms with Gasteiger partial charge in [-0.25, -0.2) is 0 Å². The molecule has 1 aliphatic rings. The van der Waals surface area contributed by atoms with Gasteiger partial charge in [0.1, 0.15) is 0 Å². The highest BCUT2D eigenvalue weighted by Crippen LogP contribution is 2.34. The van der Waals surface area contributed by atoms with Gasteiger partial charge in [0.25, 0.3) is 5.91 Å². The fraction of sp³-hybridized carbons (Fsp3) is 0.533. The third-order valence-electron chi connectivity index (χ3n) is 3.33. The van der Waals surface area contributed by atoms with Gasteiger partial charge in [0, 0.05) is 5.56 Å². The molecule has 2 rings (SSSR count). The minimum Gasteiger partial charge on any atom is -0.394 e. The van der Waals surface area contributed by atoms with Crippen molar-refractivity contribution < 1.29 is 14.6 Å². The molecule has 0 aliphatic heterocycles. The summed E-state index contributed by atoms with van der Waals surface area (Å²) in [5, 5.41) is 12.1. The van der Waals surface area contributed by atoms with E-state index in [1.807, 2.05) is 26.0 Å². The Hall–Kier alpha value is -1.39. The Morgan fingerprint density at radius 1 is 1.37 bits per heavy atom. The van der Waals surface area contributed by atoms with E-state index in [4.69, 9.17) is 4.74 Å². The Labute approximate surface area is 113 Å². The minimum atomic E-state index is -0.365. The molecule has 1 amide bonds. The van der Waals surface area contributed by atoms with Crippen LogP contribution < -0.4 is 5.32 Å². The van der Waals surface area contributed by atoms with Crippen molar-refractivity contribution in [2.24, 2.45) is 0 Å². The zero-order valence-electron chi connectivity index (χ0n) is 11.5. The Morgan fingerprint density at radius 2 is 2.00 bits per heavy atom. The third kappa shape index (κ3) is 3.78. The molecule has 0 saturated heterocycles. The number of nitrogens with one attached hydrogen (secondary N) is 1. The second kappa shape index (κ2) is 5.72. The van der Waals surface area contributed by atoms with Crippen LogP contribution in [0.1, 0.15) is 42.6 Å². The molecule has 1 aromatic carbocycles. The fourth-order valence-electron chi connectivity index (χ4n) is 1.80. The number of rotatable bonds is 6. The molecule has 0 heterocycles. The van der Waals surface area contributed by atoms with Gasteiger partial charge in [-0.2, -0.15) is 0 Å². The number of hydrogen-bond acceptors (Lipinski definition) is 3. The van der Waals surface area contributed by atoms with Crippen LogP contribution >= 0.6 is 0 Å². The molecule has 0 aromatic heterocycles. The van der Waals surface area contributed by atoms with Crippen molar-refractivity contribution in [2.45, 2.75) is 44.9 Å². The normalized spacial score (nSPS) is 16.4. The number of hydrogen-bond donors (Lipinski definition) is 2. The smallest absolute Gasteiger partial charge is 0.251 e. The van der Waals surface area contributed by atoms with Crippen molar-refractivity contribution >= 4 is 5.91 Å². The van der Waals surface area contributed by atoms with Crippen LogP contribution in [0.25, 0.3) is 0 Å². The van der Waals surface area contributed by atoms with Gasteiger partial charge in [-0.3, -0.25) is 4.79 Å². The maximum atomic E-state index is 12.0. The number of ether oxygens (including phenoxy) is 1. The first-order valence-corrected chi connectivity index (χ1v) is 6.69. The average Bonchev–Trinajstić information content (AvgIpc) is 3.17. The van der Waals surface area contributed by atoms with E-state index in [0.717, 1.165) is 18.4 Å². The molecule has 104 valence electrons. The topological polar surface area (TPSA) is 58.6 Å². The molecule has 0 radical (unpaired) electrons. The van der Waals surface area contributed by atoms with Crippen molar-refractivity contribution in [1.29, 1.82) is 0 Å². The average molecular weight is 263 g/mol. The van der Waals surface area contributed by atoms with E-state index in [9.17, 15) is 9.90 Å². The van der Waals surface area contributed by atoms with Crippen molar-refractivity contribution in [3.8, 4) is 0 Å². The van der Waals surface area contributed by atoms with E-state index in [0.29, 0.717) is 12.2 Å². The lowest BCUT2D eigenvalue weighted by molar-refractivity contribution is 0.0656. The van der Waals surface area contributed by atoms with Gasteiger partial charge >= 0.3 is 0 Å². The number of carbonyl (C=O) groups excluding carboxylic acids is 1. The summed E-state index contributed by atoms with van der Waals surface area (Å²) >= 11 is 0. The van der Waals surface area contributed by atoms with Gasteiger partial charge < -0.3 is 15.2 Å². The lowest BCUT2D eigenvalue weighted by Crippen LogP contribution is -2.39. The largest absolute Gasteiger partial charge is 0.394 e. The van der Waals surface area contributed by atoms with Crippen LogP contribution in [-0.2, 0) is 11.3 Å². The van der Waals surface area contributed by atoms with Crippen LogP contribution in [0, 0.1) is 0 Å². The summed E-state index contributed by atoms with van der Waals surface area (Å²) in [6.45, 7) is 4.55. The van der Waals surface area contributed by atoms with Crippen LogP contribution in [0.15, 0.2) is 24.3 Å². The molecule has 0 bridgehead atoms. The lowest BCUT2D eigenvalue weighted by atomic mass is 10.1. The molecule has 1 aromatic rings. The van der Waals surface area contributed by atoms with Crippen molar-refractivity contribution in [3.05, 3.63) is 35.4 Å². The Balaban J connectivity index is 1.92. The molecule has 1 aliphatic carbocycles. The van der Waals surface area contributed by atoms with Gasteiger partial charge in [0.2, 0.25) is 0 Å². The van der Waals surface area contributed by atoms with Gasteiger partial charge in [-0.05, 0) is 44.4 Å². The van der Waals surface area contributed by atoms with Crippen molar-refractivity contribution in [3.63, 3.8) is 0 Å². The quantitative estimate of drug-likeness (QED) is 0.823. The molecular weight excluding hydrogens is 242 g/mol. The Bertz CT molecular complexity index is 435. The molecule has 1 fully saturated rings. The molecule has 0 atom stereocenters. The first kappa shape index (κ1) is 14.0. The number of benzene rings is 1. The highest BCUT2D eigenvalue weighted by atomic mass is 16.5.